The smallest absolute Gasteiger partial charge is 0.338 e. The number of ether oxygens (including phenoxy) is 1. The van der Waals surface area contributed by atoms with Gasteiger partial charge >= 0.3 is 5.97 Å². The molecule has 0 fully saturated rings. The van der Waals surface area contributed by atoms with E-state index in [4.69, 9.17) is 4.74 Å². The molecule has 32 heavy (non-hydrogen) atoms. The van der Waals surface area contributed by atoms with Crippen LogP contribution >= 0.6 is 0 Å². The number of pyridine rings is 1. The Labute approximate surface area is 185 Å². The molecular weight excluding hydrogens is 404 g/mol. The number of carbonyl (C=O) groups is 2. The zero-order valence-electron chi connectivity index (χ0n) is 17.7. The second-order valence-corrected chi connectivity index (χ2v) is 7.78. The first kappa shape index (κ1) is 19.9. The lowest BCUT2D eigenvalue weighted by molar-refractivity contribution is 0.0599. The van der Waals surface area contributed by atoms with Crippen molar-refractivity contribution in [2.24, 2.45) is 0 Å². The molecule has 0 radical (unpaired) electrons. The van der Waals surface area contributed by atoms with Crippen molar-refractivity contribution in [1.29, 1.82) is 0 Å². The van der Waals surface area contributed by atoms with E-state index < -0.39 is 0 Å². The molecule has 2 aromatic carbocycles. The van der Waals surface area contributed by atoms with Crippen LogP contribution in [0.25, 0.3) is 11.0 Å². The van der Waals surface area contributed by atoms with Gasteiger partial charge in [0.05, 0.1) is 31.0 Å². The van der Waals surface area contributed by atoms with Crippen molar-refractivity contribution in [3.05, 3.63) is 89.2 Å². The summed E-state index contributed by atoms with van der Waals surface area (Å²) in [4.78, 5) is 31.8. The maximum atomic E-state index is 13.4. The third-order valence-corrected chi connectivity index (χ3v) is 5.80. The van der Waals surface area contributed by atoms with Crippen molar-refractivity contribution < 1.29 is 14.3 Å². The average molecular weight is 426 g/mol. The minimum Gasteiger partial charge on any atom is -0.465 e. The van der Waals surface area contributed by atoms with Gasteiger partial charge in [-0.05, 0) is 42.2 Å². The number of carbonyl (C=O) groups excluding carboxylic acids is 2. The Balaban J connectivity index is 1.46. The number of rotatable bonds is 4. The molecule has 3 heterocycles. The van der Waals surface area contributed by atoms with E-state index in [9.17, 15) is 9.59 Å². The van der Waals surface area contributed by atoms with E-state index in [1.54, 1.807) is 29.4 Å². The predicted molar refractivity (Wildman–Crippen MR) is 121 cm³/mol. The van der Waals surface area contributed by atoms with Crippen LogP contribution in [0, 0.1) is 0 Å². The van der Waals surface area contributed by atoms with Gasteiger partial charge in [0.2, 0.25) is 0 Å². The van der Waals surface area contributed by atoms with Gasteiger partial charge in [0, 0.05) is 23.8 Å². The van der Waals surface area contributed by atoms with Gasteiger partial charge in [-0.3, -0.25) is 4.79 Å². The van der Waals surface area contributed by atoms with Crippen LogP contribution in [-0.4, -0.2) is 40.3 Å². The highest BCUT2D eigenvalue weighted by molar-refractivity contribution is 6.08. The summed E-state index contributed by atoms with van der Waals surface area (Å²) in [6.45, 7) is 1.20. The molecule has 0 saturated carbocycles. The lowest BCUT2D eigenvalue weighted by Crippen LogP contribution is -2.36. The van der Waals surface area contributed by atoms with Gasteiger partial charge in [0.15, 0.2) is 5.65 Å². The van der Waals surface area contributed by atoms with Crippen molar-refractivity contribution in [2.75, 3.05) is 18.6 Å². The van der Waals surface area contributed by atoms with Crippen LogP contribution in [0.5, 0.6) is 0 Å². The Bertz CT molecular complexity index is 1310. The number of esters is 1. The van der Waals surface area contributed by atoms with Crippen molar-refractivity contribution in [1.82, 2.24) is 14.8 Å². The highest BCUT2D eigenvalue weighted by atomic mass is 16.5. The molecule has 0 aliphatic carbocycles. The third kappa shape index (κ3) is 3.51. The zero-order chi connectivity index (χ0) is 22.1. The van der Waals surface area contributed by atoms with Crippen molar-refractivity contribution in [3.8, 4) is 0 Å². The second kappa shape index (κ2) is 8.26. The fourth-order valence-electron chi connectivity index (χ4n) is 4.25. The molecule has 0 unspecified atom stereocenters. The van der Waals surface area contributed by atoms with E-state index >= 15 is 0 Å². The topological polar surface area (TPSA) is 77.3 Å². The normalized spacial score (nSPS) is 13.1. The number of nitrogens with zero attached hydrogens (tertiary/aromatic N) is 4. The molecule has 0 spiro atoms. The molecule has 1 aliphatic rings. The van der Waals surface area contributed by atoms with Crippen LogP contribution in [0.3, 0.4) is 0 Å². The SMILES string of the molecule is COC(=O)c1cccc2c1CCCN2C(=O)c1cnc2c(cnn2Cc2ccccc2)c1. The third-order valence-electron chi connectivity index (χ3n) is 5.80. The molecular formula is C25H22N4O3. The van der Waals surface area contributed by atoms with Crippen molar-refractivity contribution in [3.63, 3.8) is 0 Å². The highest BCUT2D eigenvalue weighted by Gasteiger charge is 2.27. The van der Waals surface area contributed by atoms with E-state index in [0.717, 1.165) is 40.7 Å². The van der Waals surface area contributed by atoms with Gasteiger partial charge in [0.25, 0.3) is 5.91 Å². The Morgan fingerprint density at radius 3 is 2.72 bits per heavy atom. The first-order valence-electron chi connectivity index (χ1n) is 10.5. The monoisotopic (exact) mass is 426 g/mol. The number of methoxy groups -OCH3 is 1. The average Bonchev–Trinajstić information content (AvgIpc) is 3.24. The van der Waals surface area contributed by atoms with Crippen LogP contribution in [-0.2, 0) is 17.7 Å². The Kier molecular flexibility index (Phi) is 5.15. The molecule has 5 rings (SSSR count). The molecule has 7 heteroatoms. The highest BCUT2D eigenvalue weighted by Crippen LogP contribution is 2.31. The lowest BCUT2D eigenvalue weighted by Gasteiger charge is -2.30. The maximum absolute atomic E-state index is 13.4. The van der Waals surface area contributed by atoms with Crippen LogP contribution in [0.2, 0.25) is 0 Å². The molecule has 0 bridgehead atoms. The minimum absolute atomic E-state index is 0.141. The molecule has 0 atom stereocenters. The van der Waals surface area contributed by atoms with E-state index in [2.05, 4.69) is 10.1 Å². The summed E-state index contributed by atoms with van der Waals surface area (Å²) in [7, 11) is 1.37. The molecule has 1 aliphatic heterocycles. The number of hydrogen-bond acceptors (Lipinski definition) is 5. The minimum atomic E-state index is -0.384. The van der Waals surface area contributed by atoms with Gasteiger partial charge in [-0.1, -0.05) is 36.4 Å². The number of hydrogen-bond donors (Lipinski definition) is 0. The number of amides is 1. The molecule has 160 valence electrons. The molecule has 0 N–H and O–H groups in total. The van der Waals surface area contributed by atoms with Crippen molar-refractivity contribution >= 4 is 28.6 Å². The summed E-state index contributed by atoms with van der Waals surface area (Å²) in [6.07, 6.45) is 4.85. The molecule has 1 amide bonds. The fourth-order valence-corrected chi connectivity index (χ4v) is 4.25. The van der Waals surface area contributed by atoms with E-state index in [0.29, 0.717) is 24.2 Å². The second-order valence-electron chi connectivity index (χ2n) is 7.78. The Morgan fingerprint density at radius 2 is 1.91 bits per heavy atom. The number of benzene rings is 2. The summed E-state index contributed by atoms with van der Waals surface area (Å²) in [5.41, 5.74) is 4.47. The number of anilines is 1. The maximum Gasteiger partial charge on any atom is 0.338 e. The van der Waals surface area contributed by atoms with Gasteiger partial charge in [0.1, 0.15) is 0 Å². The van der Waals surface area contributed by atoms with Crippen LogP contribution in [0.1, 0.15) is 38.3 Å². The van der Waals surface area contributed by atoms with E-state index in [1.165, 1.54) is 7.11 Å². The van der Waals surface area contributed by atoms with Gasteiger partial charge in [-0.2, -0.15) is 5.10 Å². The van der Waals surface area contributed by atoms with Crippen LogP contribution in [0.4, 0.5) is 5.69 Å². The number of aromatic nitrogens is 3. The summed E-state index contributed by atoms with van der Waals surface area (Å²) in [5.74, 6) is -0.525. The van der Waals surface area contributed by atoms with E-state index in [1.807, 2.05) is 47.1 Å². The van der Waals surface area contributed by atoms with Gasteiger partial charge in [-0.25, -0.2) is 14.5 Å². The standard InChI is InChI=1S/C25H22N4O3/c1-32-25(31)21-9-5-11-22-20(21)10-6-12-28(22)24(30)19-13-18-15-27-29(23(18)26-14-19)16-17-7-3-2-4-8-17/h2-5,7-9,11,13-15H,6,10,12,16H2,1H3. The van der Waals surface area contributed by atoms with E-state index in [-0.39, 0.29) is 11.9 Å². The Hall–Kier alpha value is -4.00. The summed E-state index contributed by atoms with van der Waals surface area (Å²) in [5, 5.41) is 5.27. The van der Waals surface area contributed by atoms with Gasteiger partial charge in [-0.15, -0.1) is 0 Å². The van der Waals surface area contributed by atoms with Crippen LogP contribution < -0.4 is 4.90 Å². The predicted octanol–water partition coefficient (Wildman–Crippen LogP) is 3.86. The largest absolute Gasteiger partial charge is 0.465 e. The van der Waals surface area contributed by atoms with Crippen molar-refractivity contribution in [2.45, 2.75) is 19.4 Å². The summed E-state index contributed by atoms with van der Waals surface area (Å²) >= 11 is 0. The fraction of sp³-hybridized carbons (Fsp3) is 0.200. The first-order valence-corrected chi connectivity index (χ1v) is 10.5. The summed E-state index contributed by atoms with van der Waals surface area (Å²) in [6, 6.07) is 17.3. The summed E-state index contributed by atoms with van der Waals surface area (Å²) < 4.78 is 6.75. The lowest BCUT2D eigenvalue weighted by atomic mass is 9.95. The molecule has 7 nitrogen and oxygen atoms in total. The zero-order valence-corrected chi connectivity index (χ0v) is 17.7. The van der Waals surface area contributed by atoms with Crippen LogP contribution in [0.15, 0.2) is 67.0 Å². The first-order chi connectivity index (χ1) is 15.7. The molecule has 0 saturated heterocycles. The Morgan fingerprint density at radius 1 is 1.06 bits per heavy atom. The molecule has 2 aromatic heterocycles. The molecule has 4 aromatic rings. The van der Waals surface area contributed by atoms with Gasteiger partial charge < -0.3 is 9.64 Å². The number of fused-ring (bicyclic) bond motifs is 2. The quantitative estimate of drug-likeness (QED) is 0.463.